The number of carbonyl (C=O) groups is 2. The Kier molecular flexibility index (Phi) is 5.53. The number of piperazine rings is 1. The minimum absolute atomic E-state index is 0.172. The molecule has 2 aliphatic rings. The summed E-state index contributed by atoms with van der Waals surface area (Å²) >= 11 is 0. The molecule has 2 amide bonds. The van der Waals surface area contributed by atoms with Crippen LogP contribution in [0, 0.1) is 0 Å². The van der Waals surface area contributed by atoms with Gasteiger partial charge in [0.15, 0.2) is 0 Å². The van der Waals surface area contributed by atoms with E-state index < -0.39 is 6.04 Å². The Balaban J connectivity index is 1.39. The average Bonchev–Trinajstić information content (AvgIpc) is 2.77. The average molecular weight is 392 g/mol. The molecule has 1 N–H and O–H groups in total. The van der Waals surface area contributed by atoms with Crippen LogP contribution in [-0.2, 0) is 16.1 Å². The summed E-state index contributed by atoms with van der Waals surface area (Å²) in [5.74, 6) is -0.146. The van der Waals surface area contributed by atoms with Crippen LogP contribution in [0.2, 0.25) is 0 Å². The first-order valence-corrected chi connectivity index (χ1v) is 9.76. The number of nitrogens with one attached hydrogen (secondary N) is 1. The third-order valence-corrected chi connectivity index (χ3v) is 5.15. The van der Waals surface area contributed by atoms with E-state index in [-0.39, 0.29) is 17.6 Å². The second-order valence-corrected chi connectivity index (χ2v) is 7.20. The van der Waals surface area contributed by atoms with Crippen LogP contribution in [0.15, 0.2) is 59.9 Å². The number of amides is 2. The highest BCUT2D eigenvalue weighted by Gasteiger charge is 2.33. The lowest BCUT2D eigenvalue weighted by molar-refractivity contribution is -0.126. The summed E-state index contributed by atoms with van der Waals surface area (Å²) < 4.78 is 0. The van der Waals surface area contributed by atoms with Crippen LogP contribution in [0.4, 0.5) is 5.69 Å². The standard InChI is InChI=1S/C21H24N6O2/c1-16-20(28)27(18-5-3-2-4-6-18)24-19(23-16)21(29)26-13-11-25(12-14-26)15-17-7-9-22-10-8-17/h2-10,16H,11-15H2,1H3,(H,23,24)/t16-/m1/s1. The first-order valence-electron chi connectivity index (χ1n) is 9.76. The van der Waals surface area contributed by atoms with Crippen molar-refractivity contribution in [1.82, 2.24) is 20.2 Å². The van der Waals surface area contributed by atoms with Gasteiger partial charge in [0.05, 0.1) is 5.69 Å². The van der Waals surface area contributed by atoms with Crippen molar-refractivity contribution in [3.8, 4) is 0 Å². The van der Waals surface area contributed by atoms with E-state index in [9.17, 15) is 9.59 Å². The number of hydrogen-bond donors (Lipinski definition) is 1. The number of benzene rings is 1. The fraction of sp³-hybridized carbons (Fsp3) is 0.333. The number of aliphatic imine (C=N–C) groups is 1. The summed E-state index contributed by atoms with van der Waals surface area (Å²) in [4.78, 5) is 38.0. The molecule has 0 radical (unpaired) electrons. The number of aromatic nitrogens is 1. The highest BCUT2D eigenvalue weighted by atomic mass is 16.2. The normalized spacial score (nSPS) is 20.2. The summed E-state index contributed by atoms with van der Waals surface area (Å²) in [6.07, 6.45) is 3.59. The van der Waals surface area contributed by atoms with Gasteiger partial charge in [-0.2, -0.15) is 0 Å². The Morgan fingerprint density at radius 2 is 1.76 bits per heavy atom. The molecule has 0 saturated carbocycles. The molecule has 8 nitrogen and oxygen atoms in total. The van der Waals surface area contributed by atoms with Gasteiger partial charge in [-0.25, -0.2) is 10.0 Å². The molecule has 3 heterocycles. The quantitative estimate of drug-likeness (QED) is 0.842. The van der Waals surface area contributed by atoms with E-state index in [1.165, 1.54) is 10.6 Å². The Hall–Kier alpha value is -3.26. The van der Waals surface area contributed by atoms with Crippen molar-refractivity contribution in [1.29, 1.82) is 0 Å². The molecule has 1 aromatic heterocycles. The van der Waals surface area contributed by atoms with Crippen LogP contribution in [0.1, 0.15) is 12.5 Å². The van der Waals surface area contributed by atoms with Crippen molar-refractivity contribution < 1.29 is 9.59 Å². The molecule has 1 atom stereocenters. The van der Waals surface area contributed by atoms with Crippen LogP contribution in [0.25, 0.3) is 0 Å². The van der Waals surface area contributed by atoms with Gasteiger partial charge in [0, 0.05) is 45.1 Å². The lowest BCUT2D eigenvalue weighted by Crippen LogP contribution is -2.60. The molecule has 2 aliphatic heterocycles. The summed E-state index contributed by atoms with van der Waals surface area (Å²) in [5, 5.41) is 1.41. The number of pyridine rings is 1. The van der Waals surface area contributed by atoms with Crippen molar-refractivity contribution in [3.63, 3.8) is 0 Å². The fourth-order valence-electron chi connectivity index (χ4n) is 3.50. The maximum absolute atomic E-state index is 13.0. The number of nitrogens with zero attached hydrogens (tertiary/aromatic N) is 5. The third-order valence-electron chi connectivity index (χ3n) is 5.15. The zero-order valence-electron chi connectivity index (χ0n) is 16.4. The predicted molar refractivity (Wildman–Crippen MR) is 110 cm³/mol. The first kappa shape index (κ1) is 19.1. The highest BCUT2D eigenvalue weighted by molar-refractivity contribution is 6.39. The molecule has 0 unspecified atom stereocenters. The zero-order valence-corrected chi connectivity index (χ0v) is 16.4. The molecule has 29 heavy (non-hydrogen) atoms. The zero-order chi connectivity index (χ0) is 20.2. The van der Waals surface area contributed by atoms with Gasteiger partial charge in [-0.15, -0.1) is 0 Å². The van der Waals surface area contributed by atoms with Crippen LogP contribution in [0.3, 0.4) is 0 Å². The van der Waals surface area contributed by atoms with Crippen LogP contribution in [0.5, 0.6) is 0 Å². The van der Waals surface area contributed by atoms with E-state index in [2.05, 4.69) is 20.3 Å². The van der Waals surface area contributed by atoms with E-state index in [0.717, 1.165) is 19.6 Å². The maximum Gasteiger partial charge on any atom is 0.290 e. The molecule has 0 aliphatic carbocycles. The minimum Gasteiger partial charge on any atom is -0.333 e. The lowest BCUT2D eigenvalue weighted by Gasteiger charge is -2.37. The Morgan fingerprint density at radius 1 is 1.07 bits per heavy atom. The number of amidine groups is 1. The Bertz CT molecular complexity index is 894. The number of carbonyl (C=O) groups excluding carboxylic acids is 2. The number of para-hydroxylation sites is 1. The molecule has 150 valence electrons. The molecule has 8 heteroatoms. The topological polar surface area (TPSA) is 81.1 Å². The molecule has 1 fully saturated rings. The predicted octanol–water partition coefficient (Wildman–Crippen LogP) is 1.06. The van der Waals surface area contributed by atoms with E-state index >= 15 is 0 Å². The van der Waals surface area contributed by atoms with Crippen molar-refractivity contribution in [2.45, 2.75) is 19.5 Å². The van der Waals surface area contributed by atoms with Crippen molar-refractivity contribution in [3.05, 3.63) is 60.4 Å². The fourth-order valence-corrected chi connectivity index (χ4v) is 3.50. The molecular formula is C21H24N6O2. The highest BCUT2D eigenvalue weighted by Crippen LogP contribution is 2.17. The smallest absolute Gasteiger partial charge is 0.290 e. The van der Waals surface area contributed by atoms with E-state index in [4.69, 9.17) is 0 Å². The third kappa shape index (κ3) is 4.27. The van der Waals surface area contributed by atoms with E-state index in [0.29, 0.717) is 18.8 Å². The second-order valence-electron chi connectivity index (χ2n) is 7.20. The van der Waals surface area contributed by atoms with E-state index in [1.54, 1.807) is 24.2 Å². The van der Waals surface area contributed by atoms with Crippen LogP contribution in [-0.4, -0.2) is 64.7 Å². The van der Waals surface area contributed by atoms with Crippen molar-refractivity contribution >= 4 is 23.3 Å². The van der Waals surface area contributed by atoms with Gasteiger partial charge >= 0.3 is 0 Å². The number of hydrogen-bond acceptors (Lipinski definition) is 6. The number of rotatable bonds is 4. The van der Waals surface area contributed by atoms with Crippen LogP contribution >= 0.6 is 0 Å². The second kappa shape index (κ2) is 8.40. The Labute approximate surface area is 169 Å². The van der Waals surface area contributed by atoms with Gasteiger partial charge in [-0.3, -0.25) is 24.9 Å². The maximum atomic E-state index is 13.0. The SMILES string of the molecule is C[C@H]1N=C(C(=O)N2CCN(Cc3ccncc3)CC2)NN(c2ccccc2)C1=O. The van der Waals surface area contributed by atoms with Crippen LogP contribution < -0.4 is 10.4 Å². The molecular weight excluding hydrogens is 368 g/mol. The summed E-state index contributed by atoms with van der Waals surface area (Å²) in [6, 6.07) is 12.6. The largest absolute Gasteiger partial charge is 0.333 e. The monoisotopic (exact) mass is 392 g/mol. The molecule has 0 spiro atoms. The molecule has 1 aromatic carbocycles. The number of hydrazine groups is 1. The summed E-state index contributed by atoms with van der Waals surface area (Å²) in [5.41, 5.74) is 4.82. The van der Waals surface area contributed by atoms with Crippen molar-refractivity contribution in [2.75, 3.05) is 31.2 Å². The first-order chi connectivity index (χ1) is 14.1. The summed E-state index contributed by atoms with van der Waals surface area (Å²) in [7, 11) is 0. The van der Waals surface area contributed by atoms with Gasteiger partial charge < -0.3 is 4.90 Å². The molecule has 1 saturated heterocycles. The minimum atomic E-state index is -0.608. The molecule has 4 rings (SSSR count). The molecule has 0 bridgehead atoms. The van der Waals surface area contributed by atoms with Gasteiger partial charge in [0.1, 0.15) is 6.04 Å². The van der Waals surface area contributed by atoms with Crippen molar-refractivity contribution in [2.24, 2.45) is 4.99 Å². The molecule has 2 aromatic rings. The van der Waals surface area contributed by atoms with Gasteiger partial charge in [-0.05, 0) is 36.8 Å². The van der Waals surface area contributed by atoms with Gasteiger partial charge in [0.25, 0.3) is 11.8 Å². The van der Waals surface area contributed by atoms with E-state index in [1.807, 2.05) is 42.5 Å². The van der Waals surface area contributed by atoms with Gasteiger partial charge in [-0.1, -0.05) is 18.2 Å². The lowest BCUT2D eigenvalue weighted by atomic mass is 10.2. The Morgan fingerprint density at radius 3 is 2.45 bits per heavy atom. The number of anilines is 1. The summed E-state index contributed by atoms with van der Waals surface area (Å²) in [6.45, 7) is 5.38. The van der Waals surface area contributed by atoms with Gasteiger partial charge in [0.2, 0.25) is 5.84 Å².